The highest BCUT2D eigenvalue weighted by Crippen LogP contribution is 2.34. The highest BCUT2D eigenvalue weighted by Gasteiger charge is 2.39. The minimum atomic E-state index is -0.614. The van der Waals surface area contributed by atoms with Crippen LogP contribution in [-0.4, -0.2) is 45.7 Å². The Labute approximate surface area is 196 Å². The van der Waals surface area contributed by atoms with Crippen molar-refractivity contribution in [3.63, 3.8) is 0 Å². The molecule has 1 unspecified atom stereocenters. The first-order chi connectivity index (χ1) is 15.7. The predicted octanol–water partition coefficient (Wildman–Crippen LogP) is 4.53. The summed E-state index contributed by atoms with van der Waals surface area (Å²) in [6, 6.07) is 11.6. The number of carbonyl (C=O) groups is 2. The molecular formula is C23H26N4O5S. The van der Waals surface area contributed by atoms with E-state index in [1.54, 1.807) is 4.90 Å². The molecule has 0 radical (unpaired) electrons. The number of nitro benzene ring substituents is 1. The molecule has 2 aromatic carbocycles. The summed E-state index contributed by atoms with van der Waals surface area (Å²) in [5.74, 6) is -0.153. The number of amidine groups is 1. The molecule has 2 aromatic rings. The standard InChI is InChI=1S/C23H26N4O5S/c1-14(2)13-26-22(29)20(33-23(26)24-16-7-5-15(3)6-8-16)12-21(28)25-18-10-9-17(27(30)31)11-19(18)32-4/h5-11,14,20H,12-13H2,1-4H3,(H,25,28). The maximum atomic E-state index is 13.1. The van der Waals surface area contributed by atoms with E-state index in [-0.39, 0.29) is 29.7 Å². The van der Waals surface area contributed by atoms with Crippen LogP contribution in [0.5, 0.6) is 5.75 Å². The van der Waals surface area contributed by atoms with Crippen molar-refractivity contribution in [1.82, 2.24) is 4.90 Å². The number of nitrogens with zero attached hydrogens (tertiary/aromatic N) is 3. The summed E-state index contributed by atoms with van der Waals surface area (Å²) in [6.45, 7) is 6.53. The molecule has 0 aliphatic carbocycles. The van der Waals surface area contributed by atoms with Crippen LogP contribution in [0.25, 0.3) is 0 Å². The normalized spacial score (nSPS) is 17.0. The van der Waals surface area contributed by atoms with Crippen molar-refractivity contribution in [3.05, 3.63) is 58.1 Å². The van der Waals surface area contributed by atoms with Crippen molar-refractivity contribution in [2.45, 2.75) is 32.4 Å². The topological polar surface area (TPSA) is 114 Å². The molecule has 1 fully saturated rings. The van der Waals surface area contributed by atoms with Crippen molar-refractivity contribution in [1.29, 1.82) is 0 Å². The van der Waals surface area contributed by atoms with E-state index in [1.807, 2.05) is 45.0 Å². The number of aryl methyl sites for hydroxylation is 1. The van der Waals surface area contributed by atoms with Gasteiger partial charge in [0.25, 0.3) is 5.69 Å². The van der Waals surface area contributed by atoms with E-state index < -0.39 is 16.1 Å². The third kappa shape index (κ3) is 6.10. The van der Waals surface area contributed by atoms with Gasteiger partial charge in [0.15, 0.2) is 5.17 Å². The molecule has 1 aliphatic heterocycles. The number of hydrogen-bond acceptors (Lipinski definition) is 7. The number of thioether (sulfide) groups is 1. The first-order valence-corrected chi connectivity index (χ1v) is 11.3. The highest BCUT2D eigenvalue weighted by molar-refractivity contribution is 8.15. The average Bonchev–Trinajstić information content (AvgIpc) is 3.03. The fraction of sp³-hybridized carbons (Fsp3) is 0.348. The zero-order valence-corrected chi connectivity index (χ0v) is 19.7. The van der Waals surface area contributed by atoms with Gasteiger partial charge in [-0.1, -0.05) is 43.3 Å². The smallest absolute Gasteiger partial charge is 0.273 e. The maximum absolute atomic E-state index is 13.1. The number of aliphatic imine (C=N–C) groups is 1. The highest BCUT2D eigenvalue weighted by atomic mass is 32.2. The number of non-ortho nitro benzene ring substituents is 1. The zero-order chi connectivity index (χ0) is 24.1. The van der Waals surface area contributed by atoms with E-state index in [0.29, 0.717) is 17.4 Å². The molecule has 1 saturated heterocycles. The van der Waals surface area contributed by atoms with Crippen LogP contribution in [0.15, 0.2) is 47.5 Å². The summed E-state index contributed by atoms with van der Waals surface area (Å²) in [5, 5.41) is 13.6. The van der Waals surface area contributed by atoms with E-state index in [9.17, 15) is 19.7 Å². The van der Waals surface area contributed by atoms with Crippen LogP contribution in [0.2, 0.25) is 0 Å². The largest absolute Gasteiger partial charge is 0.494 e. The van der Waals surface area contributed by atoms with Gasteiger partial charge in [-0.2, -0.15) is 0 Å². The van der Waals surface area contributed by atoms with Crippen molar-refractivity contribution < 1.29 is 19.2 Å². The van der Waals surface area contributed by atoms with Crippen molar-refractivity contribution in [3.8, 4) is 5.75 Å². The molecule has 1 heterocycles. The Morgan fingerprint density at radius 3 is 2.58 bits per heavy atom. The van der Waals surface area contributed by atoms with Crippen molar-refractivity contribution in [2.24, 2.45) is 10.9 Å². The molecular weight excluding hydrogens is 444 g/mol. The number of ether oxygens (including phenoxy) is 1. The van der Waals surface area contributed by atoms with Gasteiger partial charge in [-0.05, 0) is 31.0 Å². The SMILES string of the molecule is COc1cc([N+](=O)[O-])ccc1NC(=O)CC1SC(=Nc2ccc(C)cc2)N(CC(C)C)C1=O. The Kier molecular flexibility index (Phi) is 7.70. The van der Waals surface area contributed by atoms with Gasteiger partial charge in [-0.15, -0.1) is 0 Å². The minimum absolute atomic E-state index is 0.0643. The Balaban J connectivity index is 1.76. The van der Waals surface area contributed by atoms with Crippen molar-refractivity contribution in [2.75, 3.05) is 19.0 Å². The van der Waals surface area contributed by atoms with Crippen LogP contribution >= 0.6 is 11.8 Å². The molecule has 1 N–H and O–H groups in total. The number of rotatable bonds is 8. The third-order valence-corrected chi connectivity index (χ3v) is 6.04. The predicted molar refractivity (Wildman–Crippen MR) is 129 cm³/mol. The molecule has 174 valence electrons. The molecule has 3 rings (SSSR count). The van der Waals surface area contributed by atoms with Crippen LogP contribution in [0.3, 0.4) is 0 Å². The molecule has 2 amide bonds. The summed E-state index contributed by atoms with van der Waals surface area (Å²) >= 11 is 1.27. The van der Waals surface area contributed by atoms with Crippen LogP contribution in [-0.2, 0) is 9.59 Å². The lowest BCUT2D eigenvalue weighted by atomic mass is 10.2. The fourth-order valence-electron chi connectivity index (χ4n) is 3.25. The summed E-state index contributed by atoms with van der Waals surface area (Å²) in [5.41, 5.74) is 2.01. The molecule has 10 heteroatoms. The second-order valence-electron chi connectivity index (χ2n) is 8.07. The summed E-state index contributed by atoms with van der Waals surface area (Å²) in [6.07, 6.45) is -0.0643. The van der Waals surface area contributed by atoms with Crippen LogP contribution in [0.1, 0.15) is 25.8 Å². The Morgan fingerprint density at radius 1 is 1.27 bits per heavy atom. The van der Waals surface area contributed by atoms with Gasteiger partial charge < -0.3 is 10.1 Å². The summed E-state index contributed by atoms with van der Waals surface area (Å²) in [4.78, 5) is 42.5. The number of anilines is 1. The molecule has 0 aromatic heterocycles. The average molecular weight is 471 g/mol. The minimum Gasteiger partial charge on any atom is -0.494 e. The zero-order valence-electron chi connectivity index (χ0n) is 18.9. The molecule has 33 heavy (non-hydrogen) atoms. The van der Waals surface area contributed by atoms with Gasteiger partial charge in [0.1, 0.15) is 11.0 Å². The molecule has 9 nitrogen and oxygen atoms in total. The number of methoxy groups -OCH3 is 1. The molecule has 0 saturated carbocycles. The van der Waals surface area contributed by atoms with Gasteiger partial charge in [0.05, 0.1) is 29.5 Å². The number of amides is 2. The monoisotopic (exact) mass is 470 g/mol. The quantitative estimate of drug-likeness (QED) is 0.448. The van der Waals surface area contributed by atoms with E-state index in [0.717, 1.165) is 11.3 Å². The van der Waals surface area contributed by atoms with Gasteiger partial charge in [0.2, 0.25) is 11.8 Å². The fourth-order valence-corrected chi connectivity index (χ4v) is 4.42. The summed E-state index contributed by atoms with van der Waals surface area (Å²) < 4.78 is 5.16. The van der Waals surface area contributed by atoms with Gasteiger partial charge >= 0.3 is 0 Å². The van der Waals surface area contributed by atoms with E-state index in [2.05, 4.69) is 10.3 Å². The first-order valence-electron chi connectivity index (χ1n) is 10.4. The Bertz CT molecular complexity index is 1080. The Morgan fingerprint density at radius 2 is 1.97 bits per heavy atom. The Hall–Kier alpha value is -3.40. The van der Waals surface area contributed by atoms with Crippen molar-refractivity contribution >= 4 is 45.8 Å². The molecule has 0 bridgehead atoms. The van der Waals surface area contributed by atoms with E-state index in [1.165, 1.54) is 37.1 Å². The maximum Gasteiger partial charge on any atom is 0.273 e. The van der Waals surface area contributed by atoms with E-state index >= 15 is 0 Å². The van der Waals surface area contributed by atoms with Crippen LogP contribution in [0, 0.1) is 23.0 Å². The first kappa shape index (κ1) is 24.2. The number of benzene rings is 2. The second kappa shape index (κ2) is 10.5. The lowest BCUT2D eigenvalue weighted by Gasteiger charge is -2.18. The van der Waals surface area contributed by atoms with Crippen LogP contribution in [0.4, 0.5) is 17.1 Å². The molecule has 1 aliphatic rings. The van der Waals surface area contributed by atoms with E-state index in [4.69, 9.17) is 4.74 Å². The summed E-state index contributed by atoms with van der Waals surface area (Å²) in [7, 11) is 1.36. The lowest BCUT2D eigenvalue weighted by Crippen LogP contribution is -2.36. The van der Waals surface area contributed by atoms with Crippen LogP contribution < -0.4 is 10.1 Å². The van der Waals surface area contributed by atoms with Gasteiger partial charge in [-0.3, -0.25) is 24.6 Å². The lowest BCUT2D eigenvalue weighted by molar-refractivity contribution is -0.384. The van der Waals surface area contributed by atoms with Gasteiger partial charge in [-0.25, -0.2) is 4.99 Å². The molecule has 1 atom stereocenters. The molecule has 0 spiro atoms. The number of nitro groups is 1. The number of hydrogen-bond donors (Lipinski definition) is 1. The number of nitrogens with one attached hydrogen (secondary N) is 1. The third-order valence-electron chi connectivity index (χ3n) is 4.87. The van der Waals surface area contributed by atoms with Gasteiger partial charge in [0, 0.05) is 19.0 Å². The number of carbonyl (C=O) groups excluding carboxylic acids is 2. The second-order valence-corrected chi connectivity index (χ2v) is 9.24.